The number of rotatable bonds is 6. The lowest BCUT2D eigenvalue weighted by Crippen LogP contribution is -2.53. The highest BCUT2D eigenvalue weighted by Crippen LogP contribution is 2.15. The summed E-state index contributed by atoms with van der Waals surface area (Å²) in [6.07, 6.45) is 0. The van der Waals surface area contributed by atoms with Crippen LogP contribution < -0.4 is 10.6 Å². The van der Waals surface area contributed by atoms with Gasteiger partial charge in [-0.1, -0.05) is 37.6 Å². The molecule has 0 aromatic heterocycles. The molecule has 0 aliphatic heterocycles. The van der Waals surface area contributed by atoms with Gasteiger partial charge in [-0.3, -0.25) is 14.4 Å². The fourth-order valence-electron chi connectivity index (χ4n) is 1.76. The lowest BCUT2D eigenvalue weighted by Gasteiger charge is -2.23. The Hall–Kier alpha value is -2.08. The summed E-state index contributed by atoms with van der Waals surface area (Å²) >= 11 is 5.95. The van der Waals surface area contributed by atoms with Crippen LogP contribution in [0.2, 0.25) is 5.02 Å². The van der Waals surface area contributed by atoms with Gasteiger partial charge < -0.3 is 15.7 Å². The van der Waals surface area contributed by atoms with Crippen LogP contribution in [-0.4, -0.2) is 35.0 Å². The van der Waals surface area contributed by atoms with Crippen molar-refractivity contribution in [3.8, 4) is 0 Å². The normalized spacial score (nSPS) is 13.3. The Bertz CT molecular complexity index is 574. The molecular formula is C15H19ClN2O4. The molecular weight excluding hydrogens is 308 g/mol. The van der Waals surface area contributed by atoms with Crippen LogP contribution in [0.3, 0.4) is 0 Å². The molecule has 0 heterocycles. The van der Waals surface area contributed by atoms with Crippen LogP contribution in [0.25, 0.3) is 0 Å². The summed E-state index contributed by atoms with van der Waals surface area (Å²) in [5.41, 5.74) is 0.258. The van der Waals surface area contributed by atoms with Crippen molar-refractivity contribution in [2.75, 3.05) is 0 Å². The topological polar surface area (TPSA) is 95.5 Å². The minimum atomic E-state index is -1.15. The highest BCUT2D eigenvalue weighted by molar-refractivity contribution is 6.33. The van der Waals surface area contributed by atoms with Crippen molar-refractivity contribution in [3.63, 3.8) is 0 Å². The highest BCUT2D eigenvalue weighted by Gasteiger charge is 2.27. The summed E-state index contributed by atoms with van der Waals surface area (Å²) in [4.78, 5) is 35.1. The van der Waals surface area contributed by atoms with Gasteiger partial charge in [-0.15, -0.1) is 0 Å². The molecule has 3 N–H and O–H groups in total. The molecule has 0 fully saturated rings. The van der Waals surface area contributed by atoms with Gasteiger partial charge in [-0.25, -0.2) is 0 Å². The van der Waals surface area contributed by atoms with Crippen LogP contribution >= 0.6 is 11.6 Å². The number of hydrogen-bond acceptors (Lipinski definition) is 3. The molecule has 0 aliphatic carbocycles. The van der Waals surface area contributed by atoms with Gasteiger partial charge in [0.15, 0.2) is 0 Å². The van der Waals surface area contributed by atoms with E-state index in [0.717, 1.165) is 0 Å². The summed E-state index contributed by atoms with van der Waals surface area (Å²) in [5.74, 6) is -2.39. The molecule has 1 rings (SSSR count). The zero-order chi connectivity index (χ0) is 16.9. The van der Waals surface area contributed by atoms with Gasteiger partial charge in [0.1, 0.15) is 12.1 Å². The number of aliphatic carboxylic acids is 1. The molecule has 2 atom stereocenters. The summed E-state index contributed by atoms with van der Waals surface area (Å²) in [6, 6.07) is 4.59. The van der Waals surface area contributed by atoms with Crippen LogP contribution in [0, 0.1) is 5.92 Å². The first-order valence-electron chi connectivity index (χ1n) is 6.82. The Kier molecular flexibility index (Phi) is 6.37. The van der Waals surface area contributed by atoms with Gasteiger partial charge >= 0.3 is 5.97 Å². The third-order valence-electron chi connectivity index (χ3n) is 3.08. The van der Waals surface area contributed by atoms with Crippen molar-refractivity contribution in [1.29, 1.82) is 0 Å². The second kappa shape index (κ2) is 7.79. The predicted octanol–water partition coefficient (Wildman–Crippen LogP) is 1.68. The summed E-state index contributed by atoms with van der Waals surface area (Å²) < 4.78 is 0. The minimum absolute atomic E-state index is 0.215. The Morgan fingerprint density at radius 1 is 1.09 bits per heavy atom. The molecule has 0 saturated carbocycles. The van der Waals surface area contributed by atoms with Gasteiger partial charge in [-0.2, -0.15) is 0 Å². The maximum absolute atomic E-state index is 12.2. The number of carbonyl (C=O) groups excluding carboxylic acids is 2. The number of hydrogen-bond donors (Lipinski definition) is 3. The molecule has 7 heteroatoms. The third-order valence-corrected chi connectivity index (χ3v) is 3.41. The number of carbonyl (C=O) groups is 3. The van der Waals surface area contributed by atoms with Crippen LogP contribution in [0.5, 0.6) is 0 Å². The minimum Gasteiger partial charge on any atom is -0.480 e. The van der Waals surface area contributed by atoms with E-state index in [4.69, 9.17) is 16.7 Å². The largest absolute Gasteiger partial charge is 0.480 e. The van der Waals surface area contributed by atoms with Gasteiger partial charge in [0.05, 0.1) is 10.6 Å². The monoisotopic (exact) mass is 326 g/mol. The van der Waals surface area contributed by atoms with Crippen molar-refractivity contribution < 1.29 is 19.5 Å². The van der Waals surface area contributed by atoms with Crippen molar-refractivity contribution >= 4 is 29.4 Å². The van der Waals surface area contributed by atoms with E-state index in [1.165, 1.54) is 6.92 Å². The van der Waals surface area contributed by atoms with E-state index in [-0.39, 0.29) is 16.5 Å². The fourth-order valence-corrected chi connectivity index (χ4v) is 1.99. The lowest BCUT2D eigenvalue weighted by molar-refractivity contribution is -0.141. The molecule has 0 aliphatic rings. The maximum atomic E-state index is 12.2. The number of benzene rings is 1. The van der Waals surface area contributed by atoms with Crippen molar-refractivity contribution in [2.45, 2.75) is 32.9 Å². The number of carboxylic acids is 1. The van der Waals surface area contributed by atoms with Crippen LogP contribution in [0.4, 0.5) is 0 Å². The molecule has 0 saturated heterocycles. The second-order valence-corrected chi connectivity index (χ2v) is 5.65. The Morgan fingerprint density at radius 2 is 1.68 bits per heavy atom. The van der Waals surface area contributed by atoms with Gasteiger partial charge in [-0.05, 0) is 25.0 Å². The average Bonchev–Trinajstić information content (AvgIpc) is 2.44. The van der Waals surface area contributed by atoms with Gasteiger partial charge in [0, 0.05) is 0 Å². The van der Waals surface area contributed by atoms with Gasteiger partial charge in [0.2, 0.25) is 5.91 Å². The van der Waals surface area contributed by atoms with Crippen molar-refractivity contribution in [1.82, 2.24) is 10.6 Å². The number of halogens is 1. The molecule has 120 valence electrons. The smallest absolute Gasteiger partial charge is 0.325 e. The summed E-state index contributed by atoms with van der Waals surface area (Å²) in [6.45, 7) is 4.86. The zero-order valence-electron chi connectivity index (χ0n) is 12.6. The lowest BCUT2D eigenvalue weighted by atomic mass is 10.0. The first-order chi connectivity index (χ1) is 10.2. The maximum Gasteiger partial charge on any atom is 0.325 e. The highest BCUT2D eigenvalue weighted by atomic mass is 35.5. The van der Waals surface area contributed by atoms with E-state index in [0.29, 0.717) is 0 Å². The fraction of sp³-hybridized carbons (Fsp3) is 0.400. The first kappa shape index (κ1) is 18.0. The van der Waals surface area contributed by atoms with Crippen molar-refractivity contribution in [2.24, 2.45) is 5.92 Å². The Morgan fingerprint density at radius 3 is 2.18 bits per heavy atom. The molecule has 22 heavy (non-hydrogen) atoms. The number of amides is 2. The quantitative estimate of drug-likeness (QED) is 0.741. The molecule has 0 bridgehead atoms. The van der Waals surface area contributed by atoms with E-state index in [2.05, 4.69) is 10.6 Å². The molecule has 2 amide bonds. The summed E-state index contributed by atoms with van der Waals surface area (Å²) in [5, 5.41) is 14.0. The van der Waals surface area contributed by atoms with E-state index in [1.807, 2.05) is 0 Å². The van der Waals surface area contributed by atoms with Crippen LogP contribution in [-0.2, 0) is 9.59 Å². The van der Waals surface area contributed by atoms with Gasteiger partial charge in [0.25, 0.3) is 5.91 Å². The zero-order valence-corrected chi connectivity index (χ0v) is 13.3. The van der Waals surface area contributed by atoms with E-state index < -0.39 is 29.9 Å². The number of nitrogens with one attached hydrogen (secondary N) is 2. The SMILES string of the molecule is CC(NC(=O)C(NC(=O)c1ccccc1Cl)C(C)C)C(=O)O. The predicted molar refractivity (Wildman–Crippen MR) is 82.8 cm³/mol. The van der Waals surface area contributed by atoms with Crippen LogP contribution in [0.15, 0.2) is 24.3 Å². The first-order valence-corrected chi connectivity index (χ1v) is 7.20. The second-order valence-electron chi connectivity index (χ2n) is 5.24. The standard InChI is InChI=1S/C15H19ClN2O4/c1-8(2)12(14(20)17-9(3)15(21)22)18-13(19)10-6-4-5-7-11(10)16/h4-9,12H,1-3H3,(H,17,20)(H,18,19)(H,21,22). The molecule has 0 spiro atoms. The van der Waals surface area contributed by atoms with Crippen LogP contribution in [0.1, 0.15) is 31.1 Å². The summed E-state index contributed by atoms with van der Waals surface area (Å²) in [7, 11) is 0. The van der Waals surface area contributed by atoms with E-state index >= 15 is 0 Å². The number of carboxylic acid groups (broad SMARTS) is 1. The average molecular weight is 327 g/mol. The molecule has 2 unspecified atom stereocenters. The molecule has 6 nitrogen and oxygen atoms in total. The van der Waals surface area contributed by atoms with E-state index in [1.54, 1.807) is 38.1 Å². The molecule has 1 aromatic rings. The Labute approximate surface area is 133 Å². The Balaban J connectivity index is 2.84. The van der Waals surface area contributed by atoms with E-state index in [9.17, 15) is 14.4 Å². The van der Waals surface area contributed by atoms with Crippen molar-refractivity contribution in [3.05, 3.63) is 34.9 Å². The third kappa shape index (κ3) is 4.73. The molecule has 0 radical (unpaired) electrons. The molecule has 1 aromatic carbocycles.